The molecule has 0 bridgehead atoms. The van der Waals surface area contributed by atoms with Crippen molar-refractivity contribution in [3.63, 3.8) is 0 Å². The van der Waals surface area contributed by atoms with Crippen molar-refractivity contribution in [3.05, 3.63) is 63.9 Å². The number of thiophene rings is 1. The predicted molar refractivity (Wildman–Crippen MR) is 84.5 cm³/mol. The summed E-state index contributed by atoms with van der Waals surface area (Å²) in [5, 5.41) is 5.73. The summed E-state index contributed by atoms with van der Waals surface area (Å²) in [6.45, 7) is 2.88. The molecule has 6 heteroatoms. The van der Waals surface area contributed by atoms with Crippen molar-refractivity contribution in [1.82, 2.24) is 14.6 Å². The van der Waals surface area contributed by atoms with E-state index in [1.807, 2.05) is 52.4 Å². The standard InChI is InChI=1S/C16H17N3O2S/c1-12-15(9-17-21-12)16(20)19(11-14-6-4-8-22-14)10-13-5-3-7-18(13)2/h3-9H,10-11H2,1-2H3. The molecule has 3 rings (SSSR count). The Bertz CT molecular complexity index is 758. The van der Waals surface area contributed by atoms with Gasteiger partial charge in [-0.15, -0.1) is 11.3 Å². The average molecular weight is 315 g/mol. The minimum absolute atomic E-state index is 0.0617. The van der Waals surface area contributed by atoms with Crippen LogP contribution in [0.4, 0.5) is 0 Å². The smallest absolute Gasteiger partial charge is 0.259 e. The second-order valence-electron chi connectivity index (χ2n) is 5.15. The zero-order chi connectivity index (χ0) is 15.5. The highest BCUT2D eigenvalue weighted by atomic mass is 32.1. The minimum atomic E-state index is -0.0617. The molecule has 0 aliphatic carbocycles. The van der Waals surface area contributed by atoms with Crippen molar-refractivity contribution in [2.24, 2.45) is 7.05 Å². The monoisotopic (exact) mass is 315 g/mol. The van der Waals surface area contributed by atoms with Gasteiger partial charge in [0, 0.05) is 23.8 Å². The number of carbonyl (C=O) groups excluding carboxylic acids is 1. The van der Waals surface area contributed by atoms with Gasteiger partial charge < -0.3 is 14.0 Å². The molecular weight excluding hydrogens is 298 g/mol. The molecule has 1 amide bonds. The summed E-state index contributed by atoms with van der Waals surface area (Å²) in [7, 11) is 1.98. The molecule has 0 aliphatic heterocycles. The van der Waals surface area contributed by atoms with Crippen molar-refractivity contribution in [3.8, 4) is 0 Å². The summed E-state index contributed by atoms with van der Waals surface area (Å²) in [5.41, 5.74) is 1.60. The highest BCUT2D eigenvalue weighted by Gasteiger charge is 2.21. The first-order chi connectivity index (χ1) is 10.6. The molecule has 0 aliphatic rings. The topological polar surface area (TPSA) is 51.3 Å². The van der Waals surface area contributed by atoms with Crippen LogP contribution in [0.3, 0.4) is 0 Å². The Morgan fingerprint density at radius 3 is 2.82 bits per heavy atom. The van der Waals surface area contributed by atoms with E-state index in [1.165, 1.54) is 6.20 Å². The van der Waals surface area contributed by atoms with E-state index >= 15 is 0 Å². The lowest BCUT2D eigenvalue weighted by Crippen LogP contribution is -2.30. The summed E-state index contributed by atoms with van der Waals surface area (Å²) in [4.78, 5) is 15.8. The van der Waals surface area contributed by atoms with Crippen molar-refractivity contribution < 1.29 is 9.32 Å². The second-order valence-corrected chi connectivity index (χ2v) is 6.18. The molecule has 5 nitrogen and oxygen atoms in total. The van der Waals surface area contributed by atoms with Gasteiger partial charge in [0.25, 0.3) is 5.91 Å². The molecule has 0 saturated carbocycles. The summed E-state index contributed by atoms with van der Waals surface area (Å²) < 4.78 is 7.05. The molecule has 3 aromatic heterocycles. The van der Waals surface area contributed by atoms with E-state index in [2.05, 4.69) is 5.16 Å². The van der Waals surface area contributed by atoms with Gasteiger partial charge >= 0.3 is 0 Å². The van der Waals surface area contributed by atoms with Crippen LogP contribution in [-0.2, 0) is 20.1 Å². The number of rotatable bonds is 5. The highest BCUT2D eigenvalue weighted by molar-refractivity contribution is 7.09. The van der Waals surface area contributed by atoms with Gasteiger partial charge in [0.2, 0.25) is 0 Å². The first-order valence-corrected chi connectivity index (χ1v) is 7.86. The maximum Gasteiger partial charge on any atom is 0.259 e. The number of amides is 1. The zero-order valence-electron chi connectivity index (χ0n) is 12.5. The number of aromatic nitrogens is 2. The lowest BCUT2D eigenvalue weighted by Gasteiger charge is -2.22. The fraction of sp³-hybridized carbons (Fsp3) is 0.250. The lowest BCUT2D eigenvalue weighted by molar-refractivity contribution is 0.0726. The molecule has 0 fully saturated rings. The van der Waals surface area contributed by atoms with Crippen LogP contribution >= 0.6 is 11.3 Å². The molecular formula is C16H17N3O2S. The first kappa shape index (κ1) is 14.6. The fourth-order valence-corrected chi connectivity index (χ4v) is 3.04. The zero-order valence-corrected chi connectivity index (χ0v) is 13.3. The number of aryl methyl sites for hydroxylation is 2. The van der Waals surface area contributed by atoms with Crippen LogP contribution in [-0.4, -0.2) is 20.5 Å². The van der Waals surface area contributed by atoms with Crippen LogP contribution in [0.5, 0.6) is 0 Å². The Morgan fingerprint density at radius 1 is 1.36 bits per heavy atom. The molecule has 0 saturated heterocycles. The lowest BCUT2D eigenvalue weighted by atomic mass is 10.2. The summed E-state index contributed by atoms with van der Waals surface area (Å²) >= 11 is 1.65. The van der Waals surface area contributed by atoms with Crippen LogP contribution < -0.4 is 0 Å². The quantitative estimate of drug-likeness (QED) is 0.726. The van der Waals surface area contributed by atoms with Gasteiger partial charge in [-0.25, -0.2) is 0 Å². The number of carbonyl (C=O) groups is 1. The van der Waals surface area contributed by atoms with Gasteiger partial charge in [-0.3, -0.25) is 4.79 Å². The average Bonchev–Trinajstić information content (AvgIpc) is 3.22. The predicted octanol–water partition coefficient (Wildman–Crippen LogP) is 3.23. The molecule has 114 valence electrons. The van der Waals surface area contributed by atoms with E-state index in [1.54, 1.807) is 18.3 Å². The van der Waals surface area contributed by atoms with Gasteiger partial charge in [-0.2, -0.15) is 0 Å². The van der Waals surface area contributed by atoms with Crippen molar-refractivity contribution in [1.29, 1.82) is 0 Å². The fourth-order valence-electron chi connectivity index (χ4n) is 2.32. The number of nitrogens with zero attached hydrogens (tertiary/aromatic N) is 3. The van der Waals surface area contributed by atoms with Crippen LogP contribution in [0.25, 0.3) is 0 Å². The molecule has 0 unspecified atom stereocenters. The minimum Gasteiger partial charge on any atom is -0.361 e. The molecule has 0 radical (unpaired) electrons. The van der Waals surface area contributed by atoms with Crippen molar-refractivity contribution in [2.45, 2.75) is 20.0 Å². The Hall–Kier alpha value is -2.34. The Labute approximate surface area is 132 Å². The number of hydrogen-bond acceptors (Lipinski definition) is 4. The van der Waals surface area contributed by atoms with Gasteiger partial charge in [-0.1, -0.05) is 11.2 Å². The molecule has 0 aromatic carbocycles. The van der Waals surface area contributed by atoms with Crippen molar-refractivity contribution in [2.75, 3.05) is 0 Å². The maximum atomic E-state index is 12.8. The van der Waals surface area contributed by atoms with Crippen LogP contribution in [0.2, 0.25) is 0 Å². The Morgan fingerprint density at radius 2 is 2.23 bits per heavy atom. The molecule has 3 aromatic rings. The highest BCUT2D eigenvalue weighted by Crippen LogP contribution is 2.18. The second kappa shape index (κ2) is 6.19. The first-order valence-electron chi connectivity index (χ1n) is 6.98. The maximum absolute atomic E-state index is 12.8. The SMILES string of the molecule is Cc1oncc1C(=O)N(Cc1cccs1)Cc1cccn1C. The van der Waals surface area contributed by atoms with Crippen LogP contribution in [0.15, 0.2) is 46.6 Å². The number of hydrogen-bond donors (Lipinski definition) is 0. The van der Waals surface area contributed by atoms with Gasteiger partial charge in [0.1, 0.15) is 11.3 Å². The summed E-state index contributed by atoms with van der Waals surface area (Å²) in [6.07, 6.45) is 3.47. The van der Waals surface area contributed by atoms with E-state index in [0.717, 1.165) is 10.6 Å². The summed E-state index contributed by atoms with van der Waals surface area (Å²) in [5.74, 6) is 0.487. The van der Waals surface area contributed by atoms with E-state index in [0.29, 0.717) is 24.4 Å². The Balaban J connectivity index is 1.87. The van der Waals surface area contributed by atoms with Crippen molar-refractivity contribution >= 4 is 17.2 Å². The normalized spacial score (nSPS) is 10.8. The van der Waals surface area contributed by atoms with Gasteiger partial charge in [0.15, 0.2) is 0 Å². The van der Waals surface area contributed by atoms with E-state index in [4.69, 9.17) is 4.52 Å². The van der Waals surface area contributed by atoms with E-state index in [9.17, 15) is 4.79 Å². The third-order valence-electron chi connectivity index (χ3n) is 3.60. The van der Waals surface area contributed by atoms with Crippen LogP contribution in [0, 0.1) is 6.92 Å². The Kier molecular flexibility index (Phi) is 4.11. The van der Waals surface area contributed by atoms with E-state index < -0.39 is 0 Å². The molecule has 0 atom stereocenters. The molecule has 22 heavy (non-hydrogen) atoms. The largest absolute Gasteiger partial charge is 0.361 e. The third-order valence-corrected chi connectivity index (χ3v) is 4.46. The van der Waals surface area contributed by atoms with Gasteiger partial charge in [0.05, 0.1) is 19.3 Å². The summed E-state index contributed by atoms with van der Waals surface area (Å²) in [6, 6.07) is 8.04. The molecule has 0 N–H and O–H groups in total. The third kappa shape index (κ3) is 2.96. The van der Waals surface area contributed by atoms with Gasteiger partial charge in [-0.05, 0) is 30.5 Å². The van der Waals surface area contributed by atoms with E-state index in [-0.39, 0.29) is 5.91 Å². The molecule has 3 heterocycles. The molecule has 0 spiro atoms. The van der Waals surface area contributed by atoms with Crippen LogP contribution in [0.1, 0.15) is 26.7 Å².